The number of H-pyrrole nitrogens is 1. The number of hydrogen-bond donors (Lipinski definition) is 2. The standard InChI is InChI=1S/C25H20N2O4S/c1-14-19(11-12-20-21(14)23(29)27(2)25(32)26-20)13-15-3-5-16(6-4-15)22(28)17-7-9-18(10-8-17)24(30)31/h3-12H,13H2,1-2H3,(H,26,32)(H,30,31). The van der Waals surface area contributed by atoms with Crippen LogP contribution in [0.5, 0.6) is 0 Å². The molecule has 0 amide bonds. The molecule has 0 atom stereocenters. The molecule has 0 saturated carbocycles. The summed E-state index contributed by atoms with van der Waals surface area (Å²) in [6.45, 7) is 1.93. The molecule has 160 valence electrons. The Kier molecular flexibility index (Phi) is 5.59. The average Bonchev–Trinajstić information content (AvgIpc) is 2.79. The summed E-state index contributed by atoms with van der Waals surface area (Å²) in [5.41, 5.74) is 4.60. The number of carboxylic acid groups (broad SMARTS) is 1. The maximum absolute atomic E-state index is 12.7. The molecule has 1 heterocycles. The number of ketones is 1. The van der Waals surface area contributed by atoms with E-state index in [1.807, 2.05) is 31.2 Å². The van der Waals surface area contributed by atoms with Crippen LogP contribution in [0.25, 0.3) is 10.9 Å². The van der Waals surface area contributed by atoms with E-state index in [2.05, 4.69) is 4.98 Å². The predicted octanol–water partition coefficient (Wildman–Crippen LogP) is 4.42. The molecule has 32 heavy (non-hydrogen) atoms. The fourth-order valence-corrected chi connectivity index (χ4v) is 3.90. The molecule has 0 radical (unpaired) electrons. The highest BCUT2D eigenvalue weighted by atomic mass is 32.1. The lowest BCUT2D eigenvalue weighted by molar-refractivity contribution is 0.0696. The summed E-state index contributed by atoms with van der Waals surface area (Å²) in [5.74, 6) is -1.20. The zero-order valence-electron chi connectivity index (χ0n) is 17.5. The third-order valence-corrected chi connectivity index (χ3v) is 6.02. The zero-order chi connectivity index (χ0) is 23.0. The van der Waals surface area contributed by atoms with E-state index in [0.29, 0.717) is 33.2 Å². The van der Waals surface area contributed by atoms with Crippen LogP contribution >= 0.6 is 12.2 Å². The Labute approximate surface area is 188 Å². The molecule has 0 saturated heterocycles. The van der Waals surface area contributed by atoms with Gasteiger partial charge in [0.1, 0.15) is 0 Å². The highest BCUT2D eigenvalue weighted by Gasteiger charge is 2.13. The van der Waals surface area contributed by atoms with Crippen LogP contribution in [0.1, 0.15) is 43.0 Å². The zero-order valence-corrected chi connectivity index (χ0v) is 18.3. The Balaban J connectivity index is 1.60. The number of fused-ring (bicyclic) bond motifs is 1. The van der Waals surface area contributed by atoms with Crippen molar-refractivity contribution in [3.8, 4) is 0 Å². The maximum atomic E-state index is 12.7. The molecule has 6 nitrogen and oxygen atoms in total. The summed E-state index contributed by atoms with van der Waals surface area (Å²) in [4.78, 5) is 39.5. The molecule has 2 N–H and O–H groups in total. The predicted molar refractivity (Wildman–Crippen MR) is 125 cm³/mol. The number of benzene rings is 3. The number of carbonyl (C=O) groups is 2. The minimum atomic E-state index is -1.03. The molecule has 0 aliphatic rings. The van der Waals surface area contributed by atoms with Crippen LogP contribution in [0, 0.1) is 11.7 Å². The van der Waals surface area contributed by atoms with Gasteiger partial charge in [-0.2, -0.15) is 0 Å². The molecule has 0 aliphatic heterocycles. The number of aromatic amines is 1. The van der Waals surface area contributed by atoms with Crippen molar-refractivity contribution >= 4 is 34.9 Å². The van der Waals surface area contributed by atoms with Crippen molar-refractivity contribution in [3.05, 3.63) is 109 Å². The van der Waals surface area contributed by atoms with Crippen LogP contribution < -0.4 is 5.56 Å². The van der Waals surface area contributed by atoms with Crippen LogP contribution in [-0.2, 0) is 13.5 Å². The van der Waals surface area contributed by atoms with Gasteiger partial charge in [-0.25, -0.2) is 4.79 Å². The second kappa shape index (κ2) is 8.36. The second-order valence-corrected chi connectivity index (χ2v) is 8.04. The molecule has 4 rings (SSSR count). The average molecular weight is 445 g/mol. The first kappa shape index (κ1) is 21.4. The lowest BCUT2D eigenvalue weighted by Crippen LogP contribution is -2.20. The lowest BCUT2D eigenvalue weighted by atomic mass is 9.96. The van der Waals surface area contributed by atoms with E-state index in [-0.39, 0.29) is 16.9 Å². The van der Waals surface area contributed by atoms with E-state index in [0.717, 1.165) is 16.7 Å². The molecule has 7 heteroatoms. The van der Waals surface area contributed by atoms with Crippen molar-refractivity contribution < 1.29 is 14.7 Å². The molecule has 1 aromatic heterocycles. The topological polar surface area (TPSA) is 92.2 Å². The fourth-order valence-electron chi connectivity index (χ4n) is 3.71. The van der Waals surface area contributed by atoms with Gasteiger partial charge in [-0.05, 0) is 60.5 Å². The van der Waals surface area contributed by atoms with Crippen molar-refractivity contribution in [2.45, 2.75) is 13.3 Å². The molecule has 4 aromatic rings. The van der Waals surface area contributed by atoms with E-state index in [9.17, 15) is 14.4 Å². The number of nitrogens with zero attached hydrogens (tertiary/aromatic N) is 1. The highest BCUT2D eigenvalue weighted by molar-refractivity contribution is 7.71. The fraction of sp³-hybridized carbons (Fsp3) is 0.120. The molecule has 0 unspecified atom stereocenters. The van der Waals surface area contributed by atoms with Crippen LogP contribution in [0.3, 0.4) is 0 Å². The van der Waals surface area contributed by atoms with Crippen LogP contribution in [0.2, 0.25) is 0 Å². The Bertz CT molecular complexity index is 1480. The van der Waals surface area contributed by atoms with Gasteiger partial charge < -0.3 is 10.1 Å². The number of hydrogen-bond acceptors (Lipinski definition) is 4. The van der Waals surface area contributed by atoms with Crippen molar-refractivity contribution in [1.82, 2.24) is 9.55 Å². The number of carboxylic acids is 1. The number of aromatic nitrogens is 2. The smallest absolute Gasteiger partial charge is 0.335 e. The van der Waals surface area contributed by atoms with E-state index in [1.54, 1.807) is 19.2 Å². The first-order chi connectivity index (χ1) is 15.3. The summed E-state index contributed by atoms with van der Waals surface area (Å²) in [5, 5.41) is 9.61. The van der Waals surface area contributed by atoms with Gasteiger partial charge in [0.25, 0.3) is 5.56 Å². The first-order valence-electron chi connectivity index (χ1n) is 9.95. The number of carbonyl (C=O) groups excluding carboxylic acids is 1. The molecular weight excluding hydrogens is 424 g/mol. The van der Waals surface area contributed by atoms with E-state index in [4.69, 9.17) is 17.3 Å². The largest absolute Gasteiger partial charge is 0.478 e. The van der Waals surface area contributed by atoms with Gasteiger partial charge in [-0.3, -0.25) is 14.2 Å². The van der Waals surface area contributed by atoms with Gasteiger partial charge in [0, 0.05) is 18.2 Å². The summed E-state index contributed by atoms with van der Waals surface area (Å²) < 4.78 is 1.81. The van der Waals surface area contributed by atoms with Crippen molar-refractivity contribution in [2.24, 2.45) is 7.05 Å². The summed E-state index contributed by atoms with van der Waals surface area (Å²) >= 11 is 5.19. The molecule has 0 aliphatic carbocycles. The van der Waals surface area contributed by atoms with Crippen LogP contribution in [0.15, 0.2) is 65.5 Å². The van der Waals surface area contributed by atoms with Gasteiger partial charge in [0.05, 0.1) is 16.5 Å². The third kappa shape index (κ3) is 3.90. The normalized spacial score (nSPS) is 10.9. The number of aryl methyl sites for hydroxylation is 1. The quantitative estimate of drug-likeness (QED) is 0.351. The number of nitrogens with one attached hydrogen (secondary N) is 1. The monoisotopic (exact) mass is 444 g/mol. The number of aromatic carboxylic acids is 1. The first-order valence-corrected chi connectivity index (χ1v) is 10.4. The van der Waals surface area contributed by atoms with Crippen molar-refractivity contribution in [3.63, 3.8) is 0 Å². The van der Waals surface area contributed by atoms with Gasteiger partial charge >= 0.3 is 5.97 Å². The lowest BCUT2D eigenvalue weighted by Gasteiger charge is -2.11. The highest BCUT2D eigenvalue weighted by Crippen LogP contribution is 2.21. The number of rotatable bonds is 5. The molecular formula is C25H20N2O4S. The van der Waals surface area contributed by atoms with Crippen LogP contribution in [0.4, 0.5) is 0 Å². The SMILES string of the molecule is Cc1c(Cc2ccc(C(=O)c3ccc(C(=O)O)cc3)cc2)ccc2[nH]c(=S)n(C)c(=O)c12. The second-order valence-electron chi connectivity index (χ2n) is 7.65. The van der Waals surface area contributed by atoms with Gasteiger partial charge in [0.15, 0.2) is 10.6 Å². The van der Waals surface area contributed by atoms with E-state index in [1.165, 1.54) is 28.8 Å². The summed E-state index contributed by atoms with van der Waals surface area (Å²) in [7, 11) is 1.65. The van der Waals surface area contributed by atoms with Gasteiger partial charge in [-0.1, -0.05) is 42.5 Å². The third-order valence-electron chi connectivity index (χ3n) is 5.65. The van der Waals surface area contributed by atoms with Gasteiger partial charge in [0.2, 0.25) is 0 Å². The Morgan fingerprint density at radius 2 is 1.50 bits per heavy atom. The van der Waals surface area contributed by atoms with Crippen LogP contribution in [-0.4, -0.2) is 26.4 Å². The van der Waals surface area contributed by atoms with Crippen molar-refractivity contribution in [1.29, 1.82) is 0 Å². The Morgan fingerprint density at radius 3 is 2.09 bits per heavy atom. The van der Waals surface area contributed by atoms with E-state index >= 15 is 0 Å². The molecule has 0 spiro atoms. The van der Waals surface area contributed by atoms with E-state index < -0.39 is 5.97 Å². The van der Waals surface area contributed by atoms with Gasteiger partial charge in [-0.15, -0.1) is 0 Å². The minimum Gasteiger partial charge on any atom is -0.478 e. The molecule has 0 fully saturated rings. The molecule has 3 aromatic carbocycles. The molecule has 0 bridgehead atoms. The Morgan fingerprint density at radius 1 is 0.938 bits per heavy atom. The summed E-state index contributed by atoms with van der Waals surface area (Å²) in [6, 6.07) is 17.0. The minimum absolute atomic E-state index is 0.127. The maximum Gasteiger partial charge on any atom is 0.335 e. The Hall–Kier alpha value is -3.84. The van der Waals surface area contributed by atoms with Crippen molar-refractivity contribution in [2.75, 3.05) is 0 Å². The summed E-state index contributed by atoms with van der Waals surface area (Å²) in [6.07, 6.45) is 0.613.